The molecule has 1 aromatic heterocycles. The number of fused-ring (bicyclic) bond motifs is 1. The molecule has 16 heavy (non-hydrogen) atoms. The molecule has 0 aliphatic rings. The summed E-state index contributed by atoms with van der Waals surface area (Å²) in [6.45, 7) is 0.294. The van der Waals surface area contributed by atoms with Gasteiger partial charge in [0.15, 0.2) is 5.58 Å². The highest BCUT2D eigenvalue weighted by Gasteiger charge is 2.08. The van der Waals surface area contributed by atoms with E-state index < -0.39 is 0 Å². The first-order valence-corrected chi connectivity index (χ1v) is 4.81. The Labute approximate surface area is 92.1 Å². The Balaban J connectivity index is 2.53. The second-order valence-electron chi connectivity index (χ2n) is 3.59. The largest absolute Gasteiger partial charge is 0.419 e. The number of nitrogens with zero attached hydrogens (tertiary/aromatic N) is 3. The lowest BCUT2D eigenvalue weighted by Crippen LogP contribution is -2.16. The second kappa shape index (κ2) is 3.74. The molecule has 0 fully saturated rings. The van der Waals surface area contributed by atoms with Crippen LogP contribution in [0, 0.1) is 11.3 Å². The molecule has 2 rings (SSSR count). The molecule has 0 saturated heterocycles. The van der Waals surface area contributed by atoms with Crippen molar-refractivity contribution in [3.8, 4) is 6.07 Å². The topological polar surface area (TPSA) is 62.2 Å². The molecule has 0 spiro atoms. The molecule has 0 bridgehead atoms. The van der Waals surface area contributed by atoms with Crippen molar-refractivity contribution in [2.75, 3.05) is 18.5 Å². The van der Waals surface area contributed by atoms with Gasteiger partial charge in [0.05, 0.1) is 11.6 Å². The van der Waals surface area contributed by atoms with Crippen molar-refractivity contribution < 1.29 is 4.42 Å². The maximum Gasteiger partial charge on any atom is 0.419 e. The number of rotatable bonds is 2. The van der Waals surface area contributed by atoms with Gasteiger partial charge in [0.1, 0.15) is 6.54 Å². The van der Waals surface area contributed by atoms with Crippen LogP contribution in [-0.4, -0.2) is 18.2 Å². The van der Waals surface area contributed by atoms with Crippen LogP contribution >= 0.6 is 0 Å². The van der Waals surface area contributed by atoms with Crippen molar-refractivity contribution in [3.63, 3.8) is 0 Å². The highest BCUT2D eigenvalue weighted by atomic mass is 16.4. The van der Waals surface area contributed by atoms with Gasteiger partial charge in [0, 0.05) is 25.8 Å². The molecule has 2 aromatic rings. The normalized spacial score (nSPS) is 10.3. The van der Waals surface area contributed by atoms with Crippen molar-refractivity contribution in [2.45, 2.75) is 0 Å². The van der Waals surface area contributed by atoms with Gasteiger partial charge in [-0.1, -0.05) is 0 Å². The lowest BCUT2D eigenvalue weighted by Gasteiger charge is -2.14. The van der Waals surface area contributed by atoms with E-state index in [1.54, 1.807) is 18.0 Å². The van der Waals surface area contributed by atoms with Crippen molar-refractivity contribution in [2.24, 2.45) is 7.05 Å². The summed E-state index contributed by atoms with van der Waals surface area (Å²) in [5.41, 5.74) is 2.14. The Morgan fingerprint density at radius 3 is 3.00 bits per heavy atom. The van der Waals surface area contributed by atoms with E-state index in [9.17, 15) is 4.79 Å². The molecule has 0 unspecified atom stereocenters. The molecule has 0 aliphatic carbocycles. The van der Waals surface area contributed by atoms with Crippen LogP contribution in [0.15, 0.2) is 27.4 Å². The maximum atomic E-state index is 11.3. The fraction of sp³-hybridized carbons (Fsp3) is 0.273. The van der Waals surface area contributed by atoms with E-state index in [1.807, 2.05) is 19.2 Å². The molecule has 0 aliphatic heterocycles. The van der Waals surface area contributed by atoms with Gasteiger partial charge in [-0.15, -0.1) is 0 Å². The van der Waals surface area contributed by atoms with E-state index in [2.05, 4.69) is 6.07 Å². The van der Waals surface area contributed by atoms with Crippen molar-refractivity contribution >= 4 is 16.8 Å². The summed E-state index contributed by atoms with van der Waals surface area (Å²) in [6.07, 6.45) is 0. The van der Waals surface area contributed by atoms with Crippen molar-refractivity contribution in [3.05, 3.63) is 28.7 Å². The summed E-state index contributed by atoms with van der Waals surface area (Å²) in [5.74, 6) is -0.380. The fourth-order valence-corrected chi connectivity index (χ4v) is 1.56. The standard InChI is InChI=1S/C11H11N3O2/c1-13(6-5-12)8-3-4-9-10(7-8)16-11(15)14(9)2/h3-4,7H,6H2,1-2H3. The maximum absolute atomic E-state index is 11.3. The van der Waals surface area contributed by atoms with Gasteiger partial charge < -0.3 is 9.32 Å². The molecule has 0 N–H and O–H groups in total. The number of oxazole rings is 1. The minimum absolute atomic E-state index is 0.294. The number of aromatic nitrogens is 1. The highest BCUT2D eigenvalue weighted by Crippen LogP contribution is 2.19. The molecule has 0 atom stereocenters. The Kier molecular flexibility index (Phi) is 2.41. The first-order chi connectivity index (χ1) is 7.63. The lowest BCUT2D eigenvalue weighted by atomic mass is 10.2. The van der Waals surface area contributed by atoms with Gasteiger partial charge in [-0.25, -0.2) is 4.79 Å². The van der Waals surface area contributed by atoms with Crippen LogP contribution in [0.4, 0.5) is 5.69 Å². The lowest BCUT2D eigenvalue weighted by molar-refractivity contribution is 0.528. The summed E-state index contributed by atoms with van der Waals surface area (Å²) in [7, 11) is 3.47. The fourth-order valence-electron chi connectivity index (χ4n) is 1.56. The zero-order valence-electron chi connectivity index (χ0n) is 9.10. The monoisotopic (exact) mass is 217 g/mol. The molecular formula is C11H11N3O2. The van der Waals surface area contributed by atoms with Gasteiger partial charge in [0.2, 0.25) is 0 Å². The predicted molar refractivity (Wildman–Crippen MR) is 60.3 cm³/mol. The van der Waals surface area contributed by atoms with Gasteiger partial charge in [-0.05, 0) is 12.1 Å². The molecule has 0 saturated carbocycles. The molecule has 5 nitrogen and oxygen atoms in total. The summed E-state index contributed by atoms with van der Waals surface area (Å²) < 4.78 is 6.51. The van der Waals surface area contributed by atoms with E-state index >= 15 is 0 Å². The van der Waals surface area contributed by atoms with Crippen LogP contribution in [0.5, 0.6) is 0 Å². The van der Waals surface area contributed by atoms with Gasteiger partial charge in [-0.2, -0.15) is 5.26 Å². The van der Waals surface area contributed by atoms with E-state index in [-0.39, 0.29) is 5.76 Å². The molecule has 5 heteroatoms. The van der Waals surface area contributed by atoms with Crippen LogP contribution in [0.25, 0.3) is 11.1 Å². The second-order valence-corrected chi connectivity index (χ2v) is 3.59. The Morgan fingerprint density at radius 2 is 2.31 bits per heavy atom. The third-order valence-electron chi connectivity index (χ3n) is 2.52. The van der Waals surface area contributed by atoms with Crippen LogP contribution in [-0.2, 0) is 7.05 Å². The van der Waals surface area contributed by atoms with Gasteiger partial charge in [0.25, 0.3) is 0 Å². The SMILES string of the molecule is CN(CC#N)c1ccc2c(c1)oc(=O)n2C. The Morgan fingerprint density at radius 1 is 1.56 bits per heavy atom. The summed E-state index contributed by atoms with van der Waals surface area (Å²) in [5, 5.41) is 8.59. The van der Waals surface area contributed by atoms with E-state index in [0.717, 1.165) is 11.2 Å². The number of hydrogen-bond acceptors (Lipinski definition) is 4. The number of benzene rings is 1. The first kappa shape index (κ1) is 10.3. The van der Waals surface area contributed by atoms with Gasteiger partial charge in [-0.3, -0.25) is 4.57 Å². The first-order valence-electron chi connectivity index (χ1n) is 4.81. The van der Waals surface area contributed by atoms with Crippen LogP contribution < -0.4 is 10.7 Å². The minimum Gasteiger partial charge on any atom is -0.408 e. The minimum atomic E-state index is -0.380. The Hall–Kier alpha value is -2.22. The predicted octanol–water partition coefficient (Wildman–Crippen LogP) is 1.09. The molecular weight excluding hydrogens is 206 g/mol. The molecule has 1 heterocycles. The van der Waals surface area contributed by atoms with E-state index in [0.29, 0.717) is 12.1 Å². The van der Waals surface area contributed by atoms with Crippen LogP contribution in [0.3, 0.4) is 0 Å². The summed E-state index contributed by atoms with van der Waals surface area (Å²) >= 11 is 0. The quantitative estimate of drug-likeness (QED) is 0.706. The van der Waals surface area contributed by atoms with E-state index in [1.165, 1.54) is 4.57 Å². The number of nitriles is 1. The average Bonchev–Trinajstić information content (AvgIpc) is 2.55. The van der Waals surface area contributed by atoms with Crippen LogP contribution in [0.2, 0.25) is 0 Å². The molecule has 0 amide bonds. The zero-order valence-corrected chi connectivity index (χ0v) is 9.10. The van der Waals surface area contributed by atoms with Gasteiger partial charge >= 0.3 is 5.76 Å². The smallest absolute Gasteiger partial charge is 0.408 e. The highest BCUT2D eigenvalue weighted by molar-refractivity contribution is 5.77. The van der Waals surface area contributed by atoms with Crippen molar-refractivity contribution in [1.29, 1.82) is 5.26 Å². The Bertz CT molecular complexity index is 618. The average molecular weight is 217 g/mol. The van der Waals surface area contributed by atoms with E-state index in [4.69, 9.17) is 9.68 Å². The van der Waals surface area contributed by atoms with Crippen molar-refractivity contribution in [1.82, 2.24) is 4.57 Å². The number of aryl methyl sites for hydroxylation is 1. The number of anilines is 1. The summed E-state index contributed by atoms with van der Waals surface area (Å²) in [6, 6.07) is 7.48. The zero-order chi connectivity index (χ0) is 11.7. The third kappa shape index (κ3) is 1.54. The summed E-state index contributed by atoms with van der Waals surface area (Å²) in [4.78, 5) is 13.1. The van der Waals surface area contributed by atoms with Crippen LogP contribution in [0.1, 0.15) is 0 Å². The molecule has 82 valence electrons. The number of hydrogen-bond donors (Lipinski definition) is 0. The molecule has 0 radical (unpaired) electrons. The third-order valence-corrected chi connectivity index (χ3v) is 2.52. The molecule has 1 aromatic carbocycles.